The van der Waals surface area contributed by atoms with E-state index in [0.717, 1.165) is 5.65 Å². The Morgan fingerprint density at radius 3 is 1.70 bits per heavy atom. The molecule has 0 spiro atoms. The summed E-state index contributed by atoms with van der Waals surface area (Å²) in [7, 11) is 1.82. The molecule has 24 nitrogen and oxygen atoms in total. The molecule has 8 heterocycles. The zero-order valence-corrected chi connectivity index (χ0v) is 42.6. The van der Waals surface area contributed by atoms with E-state index in [1.54, 1.807) is 40.3 Å². The van der Waals surface area contributed by atoms with Gasteiger partial charge >= 0.3 is 11.3 Å². The minimum absolute atomic E-state index is 0.0404. The molecule has 0 fully saturated rings. The summed E-state index contributed by atoms with van der Waals surface area (Å²) in [6, 6.07) is 1.62. The second-order valence-electron chi connectivity index (χ2n) is 21.0. The number of nitrogens with two attached hydrogens (primary N) is 4. The number of rotatable bonds is 0. The molecular formula is C45H69N20O4+. The third kappa shape index (κ3) is 13.2. The quantitative estimate of drug-likeness (QED) is 0.107. The van der Waals surface area contributed by atoms with Gasteiger partial charge in [0.2, 0.25) is 11.5 Å². The van der Waals surface area contributed by atoms with Crippen molar-refractivity contribution < 1.29 is 9.36 Å². The number of carbonyl (C=O) groups excluding carboxylic acids is 1. The highest BCUT2D eigenvalue weighted by Crippen LogP contribution is 2.23. The summed E-state index contributed by atoms with van der Waals surface area (Å²) in [5.74, 6) is 1.47. The number of aromatic amines is 2. The third-order valence-corrected chi connectivity index (χ3v) is 9.92. The summed E-state index contributed by atoms with van der Waals surface area (Å²) < 4.78 is 9.05. The van der Waals surface area contributed by atoms with Gasteiger partial charge < -0.3 is 42.3 Å². The number of aromatic nitrogens is 14. The Balaban J connectivity index is 0.000000189. The fraction of sp³-hybridized carbons (Fsp3) is 0.467. The largest absolute Gasteiger partial charge is 0.383 e. The van der Waals surface area contributed by atoms with E-state index in [2.05, 4.69) is 98.3 Å². The van der Waals surface area contributed by atoms with Crippen molar-refractivity contribution in [3.63, 3.8) is 0 Å². The van der Waals surface area contributed by atoms with Crippen LogP contribution in [0.5, 0.6) is 0 Å². The van der Waals surface area contributed by atoms with Crippen molar-refractivity contribution in [2.45, 2.75) is 132 Å². The van der Waals surface area contributed by atoms with E-state index in [-0.39, 0.29) is 68.1 Å². The van der Waals surface area contributed by atoms with Gasteiger partial charge in [-0.2, -0.15) is 9.97 Å². The van der Waals surface area contributed by atoms with E-state index in [4.69, 9.17) is 22.9 Å². The summed E-state index contributed by atoms with van der Waals surface area (Å²) in [4.78, 5) is 80.4. The van der Waals surface area contributed by atoms with E-state index in [1.165, 1.54) is 12.4 Å². The van der Waals surface area contributed by atoms with Gasteiger partial charge in [0.15, 0.2) is 29.0 Å². The first-order chi connectivity index (χ1) is 31.5. The first-order valence-electron chi connectivity index (χ1n) is 21.8. The number of anilines is 4. The predicted molar refractivity (Wildman–Crippen MR) is 269 cm³/mol. The number of nitrogens with one attached hydrogen (secondary N) is 3. The molecule has 0 atom stereocenters. The number of aryl methyl sites for hydroxylation is 1. The SMILES string of the molecule is C=C1NC(=O)C=CN1C(C)(C)C.CC(C)(C)n1ccc(N)nc1=O.CC(C)(C)n1cnc2c(=O)[nH]c(N)nc21.CC(C)(C)n1cnc2c(N)ncnc21.Cn1c[n+](C(C)(C)C)c2nc(N)[nH]c(=O)c21. The molecule has 0 radical (unpaired) electrons. The molecule has 0 saturated carbocycles. The minimum atomic E-state index is -0.305. The number of nitrogens with zero attached hydrogens (tertiary/aromatic N) is 13. The molecule has 24 heteroatoms. The van der Waals surface area contributed by atoms with Crippen LogP contribution in [0.3, 0.4) is 0 Å². The van der Waals surface area contributed by atoms with Crippen LogP contribution in [0.2, 0.25) is 0 Å². The third-order valence-electron chi connectivity index (χ3n) is 9.92. The van der Waals surface area contributed by atoms with Crippen LogP contribution < -0.4 is 49.6 Å². The van der Waals surface area contributed by atoms with E-state index in [9.17, 15) is 19.2 Å². The molecule has 8 rings (SSSR count). The van der Waals surface area contributed by atoms with E-state index < -0.39 is 0 Å². The van der Waals surface area contributed by atoms with Crippen LogP contribution in [0, 0.1) is 0 Å². The maximum Gasteiger partial charge on any atom is 0.349 e. The monoisotopic (exact) mass is 954 g/mol. The zero-order chi connectivity index (χ0) is 52.4. The Bertz CT molecular complexity index is 3190. The van der Waals surface area contributed by atoms with Crippen LogP contribution in [0.1, 0.15) is 104 Å². The zero-order valence-electron chi connectivity index (χ0n) is 42.6. The first-order valence-corrected chi connectivity index (χ1v) is 21.8. The molecule has 69 heavy (non-hydrogen) atoms. The molecule has 11 N–H and O–H groups in total. The number of fused-ring (bicyclic) bond motifs is 3. The molecule has 1 aliphatic rings. The second kappa shape index (κ2) is 19.7. The van der Waals surface area contributed by atoms with Gasteiger partial charge in [0.25, 0.3) is 23.0 Å². The molecule has 0 unspecified atom stereocenters. The lowest BCUT2D eigenvalue weighted by molar-refractivity contribution is -0.732. The van der Waals surface area contributed by atoms with Gasteiger partial charge in [0, 0.05) is 40.6 Å². The van der Waals surface area contributed by atoms with Crippen molar-refractivity contribution in [3.8, 4) is 0 Å². The van der Waals surface area contributed by atoms with Gasteiger partial charge in [0.05, 0.1) is 25.2 Å². The standard InChI is InChI=1S/C10H15N5O.C9H13N5O.C9H13N5.C9H14N2O.C8H13N3O/c1-10(2,3)15-5-14(4)6-7(15)12-9(11)13-8(6)16;1-9(2,3)14-4-11-5-6(14)12-8(10)13-7(5)15;1-9(2,3)14-5-13-6-7(10)11-4-12-8(6)14;1-7-10-8(12)5-6-11(7)9(2,3)4;1-8(2,3)11-5-4-6(9)10-7(11)12/h5H,1-4H3,(H2-,11,12,13,16);4H,1-3H3,(H3,10,12,13,15);4-5H,1-3H3,(H2,10,11,12);5-6H,1H2,2-4H3,(H,10,12);4-5H,1-3H3,(H2,9,10,12)/p+1. The average Bonchev–Trinajstić information content (AvgIpc) is 3.91. The topological polar surface area (TPSA) is 333 Å². The molecule has 0 bridgehead atoms. The number of H-pyrrole nitrogens is 2. The number of amides is 1. The van der Waals surface area contributed by atoms with Gasteiger partial charge in [-0.1, -0.05) is 11.6 Å². The van der Waals surface area contributed by atoms with Crippen LogP contribution in [0.4, 0.5) is 23.5 Å². The van der Waals surface area contributed by atoms with Crippen molar-refractivity contribution in [2.75, 3.05) is 22.9 Å². The van der Waals surface area contributed by atoms with Crippen LogP contribution in [0.15, 0.2) is 76.6 Å². The van der Waals surface area contributed by atoms with Gasteiger partial charge in [-0.3, -0.25) is 33.5 Å². The highest BCUT2D eigenvalue weighted by Gasteiger charge is 2.28. The van der Waals surface area contributed by atoms with Crippen LogP contribution in [-0.4, -0.2) is 79.5 Å². The fourth-order valence-electron chi connectivity index (χ4n) is 6.53. The lowest BCUT2D eigenvalue weighted by atomic mass is 10.1. The number of imidazole rings is 3. The summed E-state index contributed by atoms with van der Waals surface area (Å²) in [6.07, 6.45) is 11.6. The molecule has 1 amide bonds. The number of hydrogen-bond donors (Lipinski definition) is 7. The molecular weight excluding hydrogens is 885 g/mol. The summed E-state index contributed by atoms with van der Waals surface area (Å²) >= 11 is 0. The van der Waals surface area contributed by atoms with Crippen LogP contribution in [-0.2, 0) is 34.0 Å². The maximum atomic E-state index is 11.8. The van der Waals surface area contributed by atoms with Crippen molar-refractivity contribution in [2.24, 2.45) is 7.05 Å². The highest BCUT2D eigenvalue weighted by molar-refractivity contribution is 5.89. The number of carbonyl (C=O) groups is 1. The van der Waals surface area contributed by atoms with Gasteiger partial charge in [-0.15, -0.1) is 0 Å². The second-order valence-corrected chi connectivity index (χ2v) is 21.0. The lowest BCUT2D eigenvalue weighted by Gasteiger charge is -2.37. The Labute approximate surface area is 399 Å². The normalized spacial score (nSPS) is 13.1. The van der Waals surface area contributed by atoms with Gasteiger partial charge in [-0.25, -0.2) is 29.3 Å². The van der Waals surface area contributed by atoms with Crippen LogP contribution in [0.25, 0.3) is 33.5 Å². The smallest absolute Gasteiger partial charge is 0.349 e. The van der Waals surface area contributed by atoms with E-state index in [1.807, 2.05) is 94.3 Å². The summed E-state index contributed by atoms with van der Waals surface area (Å²) in [5.41, 5.74) is 24.0. The predicted octanol–water partition coefficient (Wildman–Crippen LogP) is 3.29. The molecule has 0 saturated heterocycles. The number of nitrogen functional groups attached to an aromatic ring is 4. The number of hydrogen-bond acceptors (Lipinski definition) is 16. The molecule has 7 aromatic rings. The van der Waals surface area contributed by atoms with Crippen molar-refractivity contribution in [1.82, 2.24) is 73.3 Å². The Kier molecular flexibility index (Phi) is 15.4. The lowest BCUT2D eigenvalue weighted by Crippen LogP contribution is -2.49. The molecule has 0 aliphatic carbocycles. The summed E-state index contributed by atoms with van der Waals surface area (Å²) in [5, 5.41) is 2.64. The highest BCUT2D eigenvalue weighted by atomic mass is 16.2. The molecule has 0 aromatic carbocycles. The van der Waals surface area contributed by atoms with Crippen molar-refractivity contribution in [3.05, 3.63) is 93.4 Å². The summed E-state index contributed by atoms with van der Waals surface area (Å²) in [6.45, 7) is 34.2. The van der Waals surface area contributed by atoms with Crippen molar-refractivity contribution in [1.29, 1.82) is 0 Å². The van der Waals surface area contributed by atoms with E-state index in [0.29, 0.717) is 39.5 Å². The Morgan fingerprint density at radius 2 is 1.17 bits per heavy atom. The van der Waals surface area contributed by atoms with Crippen molar-refractivity contribution >= 4 is 62.9 Å². The average molecular weight is 954 g/mol. The Hall–Kier alpha value is -7.92. The minimum Gasteiger partial charge on any atom is -0.383 e. The Morgan fingerprint density at radius 1 is 0.638 bits per heavy atom. The molecule has 372 valence electrons. The van der Waals surface area contributed by atoms with Gasteiger partial charge in [0.1, 0.15) is 23.5 Å². The maximum absolute atomic E-state index is 11.8. The first kappa shape index (κ1) is 53.7. The fourth-order valence-corrected chi connectivity index (χ4v) is 6.53. The van der Waals surface area contributed by atoms with Gasteiger partial charge in [-0.05, 0) is 110 Å². The van der Waals surface area contributed by atoms with Crippen LogP contribution >= 0.6 is 0 Å². The van der Waals surface area contributed by atoms with E-state index >= 15 is 0 Å². The molecule has 7 aromatic heterocycles. The molecule has 1 aliphatic heterocycles.